The third-order valence-corrected chi connectivity index (χ3v) is 17.0. The van der Waals surface area contributed by atoms with Crippen molar-refractivity contribution in [3.8, 4) is 0 Å². The van der Waals surface area contributed by atoms with Gasteiger partial charge in [-0.2, -0.15) is 0 Å². The van der Waals surface area contributed by atoms with Gasteiger partial charge >= 0.3 is 314 Å². The first-order valence-corrected chi connectivity index (χ1v) is 21.4. The Morgan fingerprint density at radius 3 is 1.25 bits per heavy atom. The van der Waals surface area contributed by atoms with Crippen molar-refractivity contribution < 1.29 is 7.65 Å². The van der Waals surface area contributed by atoms with E-state index in [2.05, 4.69) is 73.6 Å². The Morgan fingerprint density at radius 2 is 0.868 bits per heavy atom. The van der Waals surface area contributed by atoms with Crippen molar-refractivity contribution >= 4 is 62.1 Å². The van der Waals surface area contributed by atoms with Crippen molar-refractivity contribution in [2.45, 2.75) is 6.92 Å². The summed E-state index contributed by atoms with van der Waals surface area (Å²) in [5.74, 6) is -0.347. The number of rotatable bonds is 5. The summed E-state index contributed by atoms with van der Waals surface area (Å²) in [6.07, 6.45) is 22.6. The summed E-state index contributed by atoms with van der Waals surface area (Å²) in [5, 5.41) is 1.78. The van der Waals surface area contributed by atoms with Crippen molar-refractivity contribution in [2.24, 2.45) is 9.98 Å². The predicted molar refractivity (Wildman–Crippen MR) is 204 cm³/mol. The topological polar surface area (TPSA) is 112 Å². The first-order chi connectivity index (χ1) is 26.1. The van der Waals surface area contributed by atoms with Gasteiger partial charge in [-0.1, -0.05) is 0 Å². The van der Waals surface area contributed by atoms with Crippen LogP contribution < -0.4 is 10.7 Å². The van der Waals surface area contributed by atoms with Crippen LogP contribution in [0.3, 0.4) is 0 Å². The number of hydrogen-bond donors (Lipinski definition) is 0. The van der Waals surface area contributed by atoms with Gasteiger partial charge in [-0.25, -0.2) is 0 Å². The van der Waals surface area contributed by atoms with Gasteiger partial charge in [0.15, 0.2) is 0 Å². The van der Waals surface area contributed by atoms with Gasteiger partial charge in [0, 0.05) is 0 Å². The van der Waals surface area contributed by atoms with E-state index in [1.165, 1.54) is 6.92 Å². The quantitative estimate of drug-likeness (QED) is 0.249. The van der Waals surface area contributed by atoms with Gasteiger partial charge in [0.1, 0.15) is 0 Å². The van der Waals surface area contributed by atoms with E-state index in [1.54, 1.807) is 49.6 Å². The molecule has 0 saturated carbocycles. The molecule has 0 amide bonds. The van der Waals surface area contributed by atoms with Gasteiger partial charge in [0.2, 0.25) is 0 Å². The molecule has 0 radical (unpaired) electrons. The third kappa shape index (κ3) is 5.14. The molecule has 6 aromatic heterocycles. The molecule has 4 aliphatic rings. The molecule has 4 aliphatic heterocycles. The molecule has 0 aliphatic carbocycles. The van der Waals surface area contributed by atoms with Gasteiger partial charge in [0.05, 0.1) is 0 Å². The van der Waals surface area contributed by atoms with Crippen molar-refractivity contribution in [1.29, 1.82) is 0 Å². The van der Waals surface area contributed by atoms with Crippen LogP contribution in [0.15, 0.2) is 168 Å². The number of carbonyl (C=O) groups excluding carboxylic acids is 1. The van der Waals surface area contributed by atoms with Gasteiger partial charge in [-0.3, -0.25) is 0 Å². The molecule has 0 atom stereocenters. The summed E-state index contributed by atoms with van der Waals surface area (Å²) < 4.78 is 11.4. The third-order valence-electron chi connectivity index (χ3n) is 9.75. The molecule has 250 valence electrons. The van der Waals surface area contributed by atoms with Gasteiger partial charge in [-0.05, 0) is 0 Å². The fraction of sp³-hybridized carbons (Fsp3) is 0.0238. The number of nitrogens with zero attached hydrogens (tertiary/aromatic N) is 8. The summed E-state index contributed by atoms with van der Waals surface area (Å²) in [6.45, 7) is 1.50. The van der Waals surface area contributed by atoms with Gasteiger partial charge < -0.3 is 0 Å². The zero-order valence-electron chi connectivity index (χ0n) is 28.3. The molecule has 0 fully saturated rings. The Hall–Kier alpha value is -6.46. The summed E-state index contributed by atoms with van der Waals surface area (Å²) in [6, 6.07) is 24.5. The van der Waals surface area contributed by atoms with Gasteiger partial charge in [-0.15, -0.1) is 0 Å². The SMILES string of the molecule is CC(=O)[O][In]1[n]2c3ccc2C(c2ccncc2)=C2C=CC(=N2)C(c2ccncc2)=c2ccc([n]21)=C(c1ccncc1)C1=NC(=C3c2ccncc2)C=C1. The molecule has 10 rings (SSSR count). The molecular formula is C42H27InN8O2. The molecule has 53 heavy (non-hydrogen) atoms. The maximum absolute atomic E-state index is 13.6. The van der Waals surface area contributed by atoms with Crippen LogP contribution >= 0.6 is 0 Å². The molecule has 6 aromatic rings. The first-order valence-electron chi connectivity index (χ1n) is 17.1. The zero-order valence-corrected chi connectivity index (χ0v) is 31.6. The first kappa shape index (κ1) is 31.3. The Kier molecular flexibility index (Phi) is 7.46. The molecule has 0 spiro atoms. The maximum atomic E-state index is 13.6. The molecule has 0 saturated heterocycles. The Balaban J connectivity index is 1.48. The predicted octanol–water partition coefficient (Wildman–Crippen LogP) is 4.78. The molecule has 6 bridgehead atoms. The fourth-order valence-electron chi connectivity index (χ4n) is 7.62. The fourth-order valence-corrected chi connectivity index (χ4v) is 14.9. The number of fused-ring (bicyclic) bond motifs is 2. The molecular weight excluding hydrogens is 763 g/mol. The second-order valence-electron chi connectivity index (χ2n) is 12.8. The van der Waals surface area contributed by atoms with E-state index in [9.17, 15) is 4.79 Å². The van der Waals surface area contributed by atoms with E-state index in [0.717, 1.165) is 89.4 Å². The minimum atomic E-state index is -4.25. The van der Waals surface area contributed by atoms with Crippen LogP contribution in [-0.4, -0.2) is 64.9 Å². The van der Waals surface area contributed by atoms with E-state index < -0.39 is 22.4 Å². The monoisotopic (exact) mass is 790 g/mol. The normalized spacial score (nSPS) is 15.5. The van der Waals surface area contributed by atoms with Crippen LogP contribution in [-0.2, 0) is 7.65 Å². The van der Waals surface area contributed by atoms with E-state index >= 15 is 0 Å². The van der Waals surface area contributed by atoms with E-state index in [0.29, 0.717) is 0 Å². The van der Waals surface area contributed by atoms with Crippen LogP contribution in [0, 0.1) is 0 Å². The summed E-state index contributed by atoms with van der Waals surface area (Å²) in [5.41, 5.74) is 12.4. The van der Waals surface area contributed by atoms with Crippen molar-refractivity contribution in [3.63, 3.8) is 0 Å². The van der Waals surface area contributed by atoms with Crippen LogP contribution in [0.5, 0.6) is 0 Å². The molecule has 10 heterocycles. The van der Waals surface area contributed by atoms with Crippen molar-refractivity contribution in [2.75, 3.05) is 0 Å². The number of aliphatic imine (C=N–C) groups is 2. The summed E-state index contributed by atoms with van der Waals surface area (Å²) >= 11 is -4.25. The summed E-state index contributed by atoms with van der Waals surface area (Å²) in [7, 11) is 0. The van der Waals surface area contributed by atoms with Crippen LogP contribution in [0.1, 0.15) is 40.6 Å². The number of hydrogen-bond acceptors (Lipinski definition) is 8. The second-order valence-corrected chi connectivity index (χ2v) is 18.2. The average Bonchev–Trinajstić information content (AvgIpc) is 4.02. The van der Waals surface area contributed by atoms with Crippen LogP contribution in [0.4, 0.5) is 0 Å². The number of aromatic nitrogens is 6. The van der Waals surface area contributed by atoms with Crippen molar-refractivity contribution in [1.82, 2.24) is 25.0 Å². The minimum absolute atomic E-state index is 0.347. The van der Waals surface area contributed by atoms with E-state index in [1.807, 2.05) is 48.5 Å². The molecule has 10 nitrogen and oxygen atoms in total. The zero-order chi connectivity index (χ0) is 35.5. The molecule has 0 unspecified atom stereocenters. The van der Waals surface area contributed by atoms with Crippen LogP contribution in [0.2, 0.25) is 0 Å². The van der Waals surface area contributed by atoms with Gasteiger partial charge in [0.25, 0.3) is 0 Å². The Labute approximate surface area is 312 Å². The average molecular weight is 791 g/mol. The molecule has 0 N–H and O–H groups in total. The number of pyridine rings is 4. The summed E-state index contributed by atoms with van der Waals surface area (Å²) in [4.78, 5) is 41.7. The molecule has 0 aromatic carbocycles. The second kappa shape index (κ2) is 12.6. The molecule has 11 heteroatoms. The van der Waals surface area contributed by atoms with E-state index in [-0.39, 0.29) is 5.97 Å². The Morgan fingerprint density at radius 1 is 0.491 bits per heavy atom. The Bertz CT molecular complexity index is 2630. The number of carbonyl (C=O) groups is 1. The standard InChI is InChI=1S/C40H24N8.C2H4O2.In/c1-2-30-38(26-11-19-42-20-12-26)32-5-6-34(47-32)40(28-15-23-44-24-16-28)36-8-7-35(48-36)39(27-13-21-43-22-14-27)33-4-3-31(46-33)37(29(1)45-30)25-9-17-41-18-10-25;1-2(3)4;/h1-24H;1H3,(H,3,4);/q-2;;+3/p-1. The van der Waals surface area contributed by atoms with Crippen molar-refractivity contribution in [3.05, 3.63) is 202 Å². The number of allylic oxidation sites excluding steroid dienone is 4. The van der Waals surface area contributed by atoms with Crippen LogP contribution in [0.25, 0.3) is 22.3 Å². The van der Waals surface area contributed by atoms with E-state index in [4.69, 9.17) is 12.8 Å².